The third kappa shape index (κ3) is 3.60. The SMILES string of the molecule is CCC(CC)n1ccc(CNc2cc(F)ccc2Br)n1. The first-order valence-electron chi connectivity index (χ1n) is 6.87. The second kappa shape index (κ2) is 6.88. The molecule has 0 aliphatic carbocycles. The average molecular weight is 340 g/mol. The van der Waals surface area contributed by atoms with Gasteiger partial charge in [-0.3, -0.25) is 4.68 Å². The molecule has 0 amide bonds. The molecule has 1 heterocycles. The van der Waals surface area contributed by atoms with Gasteiger partial charge in [0.05, 0.1) is 24.0 Å². The van der Waals surface area contributed by atoms with E-state index in [1.54, 1.807) is 6.07 Å². The number of hydrogen-bond donors (Lipinski definition) is 1. The highest BCUT2D eigenvalue weighted by molar-refractivity contribution is 9.10. The Kier molecular flexibility index (Phi) is 5.17. The lowest BCUT2D eigenvalue weighted by atomic mass is 10.2. The minimum Gasteiger partial charge on any atom is -0.378 e. The van der Waals surface area contributed by atoms with Crippen molar-refractivity contribution in [2.75, 3.05) is 5.32 Å². The van der Waals surface area contributed by atoms with Gasteiger partial charge in [-0.2, -0.15) is 5.10 Å². The lowest BCUT2D eigenvalue weighted by molar-refractivity contribution is 0.426. The first-order chi connectivity index (χ1) is 9.63. The van der Waals surface area contributed by atoms with Crippen LogP contribution in [-0.4, -0.2) is 9.78 Å². The van der Waals surface area contributed by atoms with Crippen molar-refractivity contribution in [3.8, 4) is 0 Å². The van der Waals surface area contributed by atoms with Gasteiger partial charge < -0.3 is 5.32 Å². The van der Waals surface area contributed by atoms with Gasteiger partial charge in [-0.05, 0) is 53.0 Å². The molecule has 0 fully saturated rings. The molecule has 2 aromatic rings. The van der Waals surface area contributed by atoms with Crippen LogP contribution in [0.5, 0.6) is 0 Å². The minimum atomic E-state index is -0.252. The predicted octanol–water partition coefficient (Wildman–Crippen LogP) is 4.76. The lowest BCUT2D eigenvalue weighted by Crippen LogP contribution is -2.09. The summed E-state index contributed by atoms with van der Waals surface area (Å²) in [7, 11) is 0. The van der Waals surface area contributed by atoms with Gasteiger partial charge in [0.25, 0.3) is 0 Å². The average Bonchev–Trinajstić information content (AvgIpc) is 2.90. The van der Waals surface area contributed by atoms with E-state index in [1.165, 1.54) is 12.1 Å². The fraction of sp³-hybridized carbons (Fsp3) is 0.400. The zero-order valence-electron chi connectivity index (χ0n) is 11.7. The monoisotopic (exact) mass is 339 g/mol. The van der Waals surface area contributed by atoms with Crippen LogP contribution in [0, 0.1) is 5.82 Å². The van der Waals surface area contributed by atoms with Crippen LogP contribution in [-0.2, 0) is 6.54 Å². The van der Waals surface area contributed by atoms with Crippen molar-refractivity contribution in [3.63, 3.8) is 0 Å². The topological polar surface area (TPSA) is 29.9 Å². The predicted molar refractivity (Wildman–Crippen MR) is 83.3 cm³/mol. The van der Waals surface area contributed by atoms with Crippen LogP contribution in [0.3, 0.4) is 0 Å². The smallest absolute Gasteiger partial charge is 0.125 e. The van der Waals surface area contributed by atoms with Gasteiger partial charge >= 0.3 is 0 Å². The van der Waals surface area contributed by atoms with Gasteiger partial charge in [-0.1, -0.05) is 13.8 Å². The zero-order valence-corrected chi connectivity index (χ0v) is 13.3. The Labute approximate surface area is 127 Å². The highest BCUT2D eigenvalue weighted by atomic mass is 79.9. The fourth-order valence-electron chi connectivity index (χ4n) is 2.16. The van der Waals surface area contributed by atoms with Crippen molar-refractivity contribution in [2.24, 2.45) is 0 Å². The molecule has 0 saturated carbocycles. The Hall–Kier alpha value is -1.36. The number of nitrogens with one attached hydrogen (secondary N) is 1. The zero-order chi connectivity index (χ0) is 14.5. The molecule has 0 radical (unpaired) electrons. The van der Waals surface area contributed by atoms with E-state index in [0.29, 0.717) is 12.6 Å². The number of nitrogens with zero attached hydrogens (tertiary/aromatic N) is 2. The summed E-state index contributed by atoms with van der Waals surface area (Å²) in [6.07, 6.45) is 4.15. The molecular formula is C15H19BrFN3. The molecule has 1 aromatic carbocycles. The second-order valence-electron chi connectivity index (χ2n) is 4.74. The normalized spacial score (nSPS) is 11.1. The summed E-state index contributed by atoms with van der Waals surface area (Å²) in [4.78, 5) is 0. The highest BCUT2D eigenvalue weighted by Gasteiger charge is 2.08. The van der Waals surface area contributed by atoms with E-state index >= 15 is 0 Å². The standard InChI is InChI=1S/C15H19BrFN3/c1-3-13(4-2)20-8-7-12(19-20)10-18-15-9-11(17)5-6-14(15)16/h5-9,13,18H,3-4,10H2,1-2H3. The van der Waals surface area contributed by atoms with Crippen molar-refractivity contribution >= 4 is 21.6 Å². The van der Waals surface area contributed by atoms with Crippen LogP contribution < -0.4 is 5.32 Å². The van der Waals surface area contributed by atoms with E-state index in [-0.39, 0.29) is 5.82 Å². The van der Waals surface area contributed by atoms with Gasteiger partial charge in [0.1, 0.15) is 5.82 Å². The summed E-state index contributed by atoms with van der Waals surface area (Å²) in [5, 5.41) is 7.76. The van der Waals surface area contributed by atoms with Crippen LogP contribution >= 0.6 is 15.9 Å². The van der Waals surface area contributed by atoms with E-state index in [0.717, 1.165) is 28.7 Å². The van der Waals surface area contributed by atoms with E-state index in [4.69, 9.17) is 0 Å². The molecule has 0 unspecified atom stereocenters. The van der Waals surface area contributed by atoms with Gasteiger partial charge in [0.2, 0.25) is 0 Å². The Balaban J connectivity index is 2.02. The number of hydrogen-bond acceptors (Lipinski definition) is 2. The molecule has 1 aromatic heterocycles. The van der Waals surface area contributed by atoms with E-state index in [9.17, 15) is 4.39 Å². The summed E-state index contributed by atoms with van der Waals surface area (Å²) in [6, 6.07) is 7.04. The number of anilines is 1. The number of halogens is 2. The van der Waals surface area contributed by atoms with Gasteiger partial charge in [-0.15, -0.1) is 0 Å². The summed E-state index contributed by atoms with van der Waals surface area (Å²) >= 11 is 3.40. The molecule has 0 atom stereocenters. The largest absolute Gasteiger partial charge is 0.378 e. The van der Waals surface area contributed by atoms with Crippen molar-refractivity contribution < 1.29 is 4.39 Å². The third-order valence-electron chi connectivity index (χ3n) is 3.37. The molecule has 5 heteroatoms. The maximum atomic E-state index is 13.2. The Bertz CT molecular complexity index is 564. The summed E-state index contributed by atoms with van der Waals surface area (Å²) in [6.45, 7) is 4.91. The maximum absolute atomic E-state index is 13.2. The molecular weight excluding hydrogens is 321 g/mol. The minimum absolute atomic E-state index is 0.252. The Morgan fingerprint density at radius 1 is 1.30 bits per heavy atom. The van der Waals surface area contributed by atoms with Gasteiger partial charge in [0.15, 0.2) is 0 Å². The van der Waals surface area contributed by atoms with Crippen molar-refractivity contribution in [1.82, 2.24) is 9.78 Å². The molecule has 0 spiro atoms. The van der Waals surface area contributed by atoms with E-state index in [2.05, 4.69) is 40.2 Å². The maximum Gasteiger partial charge on any atom is 0.125 e. The summed E-state index contributed by atoms with van der Waals surface area (Å²) < 4.78 is 16.1. The second-order valence-corrected chi connectivity index (χ2v) is 5.59. The number of aromatic nitrogens is 2. The molecule has 20 heavy (non-hydrogen) atoms. The van der Waals surface area contributed by atoms with Crippen molar-refractivity contribution in [3.05, 3.63) is 46.4 Å². The fourth-order valence-corrected chi connectivity index (χ4v) is 2.54. The lowest BCUT2D eigenvalue weighted by Gasteiger charge is -2.12. The van der Waals surface area contributed by atoms with E-state index < -0.39 is 0 Å². The molecule has 0 bridgehead atoms. The highest BCUT2D eigenvalue weighted by Crippen LogP contribution is 2.23. The number of rotatable bonds is 6. The molecule has 2 rings (SSSR count). The Morgan fingerprint density at radius 2 is 2.05 bits per heavy atom. The van der Waals surface area contributed by atoms with E-state index in [1.807, 2.05) is 16.9 Å². The number of benzene rings is 1. The first-order valence-corrected chi connectivity index (χ1v) is 7.66. The van der Waals surface area contributed by atoms with Gasteiger partial charge in [0, 0.05) is 10.7 Å². The van der Waals surface area contributed by atoms with Crippen molar-refractivity contribution in [1.29, 1.82) is 0 Å². The summed E-state index contributed by atoms with van der Waals surface area (Å²) in [5.41, 5.74) is 1.69. The molecule has 1 N–H and O–H groups in total. The van der Waals surface area contributed by atoms with Crippen molar-refractivity contribution in [2.45, 2.75) is 39.3 Å². The molecule has 0 aliphatic rings. The summed E-state index contributed by atoms with van der Waals surface area (Å²) in [5.74, 6) is -0.252. The molecule has 3 nitrogen and oxygen atoms in total. The third-order valence-corrected chi connectivity index (χ3v) is 4.06. The molecule has 108 valence electrons. The van der Waals surface area contributed by atoms with Crippen LogP contribution in [0.25, 0.3) is 0 Å². The first kappa shape index (κ1) is 15.0. The Morgan fingerprint density at radius 3 is 2.75 bits per heavy atom. The molecule has 0 saturated heterocycles. The van der Waals surface area contributed by atoms with Crippen LogP contribution in [0.15, 0.2) is 34.9 Å². The van der Waals surface area contributed by atoms with Crippen LogP contribution in [0.4, 0.5) is 10.1 Å². The van der Waals surface area contributed by atoms with Crippen LogP contribution in [0.1, 0.15) is 38.4 Å². The quantitative estimate of drug-likeness (QED) is 0.822. The molecule has 0 aliphatic heterocycles. The van der Waals surface area contributed by atoms with Crippen LogP contribution in [0.2, 0.25) is 0 Å². The van der Waals surface area contributed by atoms with Gasteiger partial charge in [-0.25, -0.2) is 4.39 Å².